The zero-order valence-corrected chi connectivity index (χ0v) is 19.1. The Bertz CT molecular complexity index is 1240. The van der Waals surface area contributed by atoms with Gasteiger partial charge in [-0.25, -0.2) is 18.1 Å². The van der Waals surface area contributed by atoms with Crippen molar-refractivity contribution in [1.82, 2.24) is 9.71 Å². The van der Waals surface area contributed by atoms with Crippen LogP contribution >= 0.6 is 0 Å². The molecule has 0 aliphatic carbocycles. The first-order chi connectivity index (χ1) is 16.1. The van der Waals surface area contributed by atoms with Gasteiger partial charge in [-0.1, -0.05) is 0 Å². The molecule has 1 saturated heterocycles. The average Bonchev–Trinajstić information content (AvgIpc) is 3.34. The van der Waals surface area contributed by atoms with Crippen LogP contribution in [0, 0.1) is 0 Å². The highest BCUT2D eigenvalue weighted by Gasteiger charge is 2.31. The standard InChI is InChI=1S/C23H23F3N4O3S/c1-27-34(31,32)20-10-6-17(7-11-20)28-22-15-18(30-12-2-3-13-30)14-21(29-22)16-4-8-19(9-5-16)33-23(24,25)26/h4-11,14-15,27H,2-3,12-13H2,1H3,(H,28,29). The van der Waals surface area contributed by atoms with Crippen molar-refractivity contribution >= 4 is 27.2 Å². The van der Waals surface area contributed by atoms with Crippen molar-refractivity contribution in [1.29, 1.82) is 0 Å². The number of nitrogens with zero attached hydrogens (tertiary/aromatic N) is 2. The zero-order chi connectivity index (χ0) is 24.3. The smallest absolute Gasteiger partial charge is 0.406 e. The summed E-state index contributed by atoms with van der Waals surface area (Å²) in [6.45, 7) is 1.80. The quantitative estimate of drug-likeness (QED) is 0.488. The Balaban J connectivity index is 1.64. The first-order valence-electron chi connectivity index (χ1n) is 10.6. The first-order valence-corrected chi connectivity index (χ1v) is 12.1. The molecule has 1 aromatic heterocycles. The second kappa shape index (κ2) is 9.51. The average molecular weight is 493 g/mol. The van der Waals surface area contributed by atoms with Crippen LogP contribution in [0.2, 0.25) is 0 Å². The fourth-order valence-corrected chi connectivity index (χ4v) is 4.43. The summed E-state index contributed by atoms with van der Waals surface area (Å²) in [5.74, 6) is 0.223. The summed E-state index contributed by atoms with van der Waals surface area (Å²) in [5.41, 5.74) is 2.80. The number of anilines is 3. The van der Waals surface area contributed by atoms with E-state index in [0.717, 1.165) is 31.6 Å². The molecule has 34 heavy (non-hydrogen) atoms. The predicted octanol–water partition coefficient (Wildman–Crippen LogP) is 4.90. The summed E-state index contributed by atoms with van der Waals surface area (Å²) < 4.78 is 67.5. The van der Waals surface area contributed by atoms with E-state index >= 15 is 0 Å². The number of benzene rings is 2. The number of hydrogen-bond acceptors (Lipinski definition) is 6. The fraction of sp³-hybridized carbons (Fsp3) is 0.261. The molecule has 0 bridgehead atoms. The van der Waals surface area contributed by atoms with E-state index in [1.54, 1.807) is 12.1 Å². The molecule has 2 heterocycles. The highest BCUT2D eigenvalue weighted by Crippen LogP contribution is 2.31. The minimum absolute atomic E-state index is 0.140. The van der Waals surface area contributed by atoms with Gasteiger partial charge in [0.2, 0.25) is 10.0 Å². The third kappa shape index (κ3) is 5.78. The van der Waals surface area contributed by atoms with E-state index in [1.165, 1.54) is 43.4 Å². The molecule has 0 radical (unpaired) electrons. The second-order valence-electron chi connectivity index (χ2n) is 7.72. The lowest BCUT2D eigenvalue weighted by Gasteiger charge is -2.20. The van der Waals surface area contributed by atoms with Crippen LogP contribution in [0.25, 0.3) is 11.3 Å². The first kappa shape index (κ1) is 23.8. The van der Waals surface area contributed by atoms with Gasteiger partial charge in [-0.2, -0.15) is 0 Å². The number of sulfonamides is 1. The summed E-state index contributed by atoms with van der Waals surface area (Å²) >= 11 is 0. The third-order valence-corrected chi connectivity index (χ3v) is 6.80. The van der Waals surface area contributed by atoms with Crippen molar-refractivity contribution in [3.8, 4) is 17.0 Å². The SMILES string of the molecule is CNS(=O)(=O)c1ccc(Nc2cc(N3CCCC3)cc(-c3ccc(OC(F)(F)F)cc3)n2)cc1. The Morgan fingerprint density at radius 2 is 1.62 bits per heavy atom. The van der Waals surface area contributed by atoms with E-state index in [-0.39, 0.29) is 10.6 Å². The highest BCUT2D eigenvalue weighted by molar-refractivity contribution is 7.89. The van der Waals surface area contributed by atoms with Crippen LogP contribution in [0.3, 0.4) is 0 Å². The molecular weight excluding hydrogens is 469 g/mol. The number of aromatic nitrogens is 1. The van der Waals surface area contributed by atoms with Crippen LogP contribution in [0.1, 0.15) is 12.8 Å². The molecule has 11 heteroatoms. The Labute approximate surface area is 195 Å². The topological polar surface area (TPSA) is 83.6 Å². The van der Waals surface area contributed by atoms with Crippen LogP contribution in [0.15, 0.2) is 65.6 Å². The number of nitrogens with one attached hydrogen (secondary N) is 2. The van der Waals surface area contributed by atoms with Crippen molar-refractivity contribution in [2.45, 2.75) is 24.1 Å². The lowest BCUT2D eigenvalue weighted by atomic mass is 10.1. The number of hydrogen-bond donors (Lipinski definition) is 2. The van der Waals surface area contributed by atoms with E-state index < -0.39 is 16.4 Å². The van der Waals surface area contributed by atoms with Crippen LogP contribution < -0.4 is 19.7 Å². The summed E-state index contributed by atoms with van der Waals surface area (Å²) in [5, 5.41) is 3.19. The molecule has 7 nitrogen and oxygen atoms in total. The maximum absolute atomic E-state index is 12.5. The van der Waals surface area contributed by atoms with Crippen molar-refractivity contribution < 1.29 is 26.3 Å². The molecule has 1 fully saturated rings. The summed E-state index contributed by atoms with van der Waals surface area (Å²) in [7, 11) is -2.20. The van der Waals surface area contributed by atoms with Gasteiger partial charge in [-0.3, -0.25) is 0 Å². The highest BCUT2D eigenvalue weighted by atomic mass is 32.2. The van der Waals surface area contributed by atoms with Gasteiger partial charge in [-0.15, -0.1) is 13.2 Å². The lowest BCUT2D eigenvalue weighted by Crippen LogP contribution is -2.18. The minimum atomic E-state index is -4.76. The predicted molar refractivity (Wildman–Crippen MR) is 124 cm³/mol. The number of halogens is 3. The van der Waals surface area contributed by atoms with E-state index in [2.05, 4.69) is 24.7 Å². The monoisotopic (exact) mass is 492 g/mol. The summed E-state index contributed by atoms with van der Waals surface area (Å²) in [4.78, 5) is 6.99. The van der Waals surface area contributed by atoms with Gasteiger partial charge in [-0.05, 0) is 74.5 Å². The zero-order valence-electron chi connectivity index (χ0n) is 18.3. The number of ether oxygens (including phenoxy) is 1. The molecule has 0 saturated carbocycles. The van der Waals surface area contributed by atoms with E-state index in [9.17, 15) is 21.6 Å². The number of alkyl halides is 3. The normalized spacial score (nSPS) is 14.3. The second-order valence-corrected chi connectivity index (χ2v) is 9.61. The van der Waals surface area contributed by atoms with Crippen LogP contribution in [-0.2, 0) is 10.0 Å². The maximum atomic E-state index is 12.5. The maximum Gasteiger partial charge on any atom is 0.573 e. The molecule has 1 aliphatic heterocycles. The van der Waals surface area contributed by atoms with Gasteiger partial charge in [0.1, 0.15) is 11.6 Å². The van der Waals surface area contributed by atoms with Gasteiger partial charge in [0.25, 0.3) is 0 Å². The Morgan fingerprint density at radius 3 is 2.21 bits per heavy atom. The molecule has 2 N–H and O–H groups in total. The molecule has 180 valence electrons. The fourth-order valence-electron chi connectivity index (χ4n) is 3.70. The third-order valence-electron chi connectivity index (χ3n) is 5.37. The van der Waals surface area contributed by atoms with E-state index in [1.807, 2.05) is 12.1 Å². The van der Waals surface area contributed by atoms with Gasteiger partial charge >= 0.3 is 6.36 Å². The van der Waals surface area contributed by atoms with Crippen LogP contribution in [0.5, 0.6) is 5.75 Å². The molecule has 0 unspecified atom stereocenters. The molecule has 3 aromatic rings. The van der Waals surface area contributed by atoms with E-state index in [0.29, 0.717) is 22.8 Å². The molecule has 1 aliphatic rings. The van der Waals surface area contributed by atoms with Crippen molar-refractivity contribution in [3.05, 3.63) is 60.7 Å². The van der Waals surface area contributed by atoms with Crippen LogP contribution in [0.4, 0.5) is 30.4 Å². The van der Waals surface area contributed by atoms with Gasteiger partial charge in [0.05, 0.1) is 10.6 Å². The Kier molecular flexibility index (Phi) is 6.67. The van der Waals surface area contributed by atoms with Gasteiger partial charge in [0, 0.05) is 36.1 Å². The minimum Gasteiger partial charge on any atom is -0.406 e. The molecule has 0 spiro atoms. The molecule has 2 aromatic carbocycles. The number of rotatable bonds is 7. The van der Waals surface area contributed by atoms with E-state index in [4.69, 9.17) is 0 Å². The van der Waals surface area contributed by atoms with Gasteiger partial charge in [0.15, 0.2) is 0 Å². The van der Waals surface area contributed by atoms with Crippen molar-refractivity contribution in [2.24, 2.45) is 0 Å². The van der Waals surface area contributed by atoms with Crippen molar-refractivity contribution in [3.63, 3.8) is 0 Å². The molecular formula is C23H23F3N4O3S. The van der Waals surface area contributed by atoms with Gasteiger partial charge < -0.3 is 15.0 Å². The summed E-state index contributed by atoms with van der Waals surface area (Å²) in [6.07, 6.45) is -2.61. The Morgan fingerprint density at radius 1 is 0.971 bits per heavy atom. The lowest BCUT2D eigenvalue weighted by molar-refractivity contribution is -0.274. The Hall–Kier alpha value is -3.31. The molecule has 0 amide bonds. The largest absolute Gasteiger partial charge is 0.573 e. The molecule has 0 atom stereocenters. The summed E-state index contributed by atoms with van der Waals surface area (Å²) in [6, 6.07) is 15.6. The van der Waals surface area contributed by atoms with Crippen LogP contribution in [-0.4, -0.2) is 39.9 Å². The number of pyridine rings is 1. The van der Waals surface area contributed by atoms with Crippen molar-refractivity contribution in [2.75, 3.05) is 30.4 Å². The molecule has 4 rings (SSSR count).